The van der Waals surface area contributed by atoms with Gasteiger partial charge in [0, 0.05) is 19.1 Å². The lowest BCUT2D eigenvalue weighted by Gasteiger charge is -2.26. The Morgan fingerprint density at radius 2 is 1.93 bits per heavy atom. The molecular formula is C12H22N2. The Bertz CT molecular complexity index is 198. The molecule has 1 N–H and O–H groups in total. The predicted octanol–water partition coefficient (Wildman–Crippen LogP) is 1.47. The van der Waals surface area contributed by atoms with Crippen molar-refractivity contribution in [1.29, 1.82) is 0 Å². The summed E-state index contributed by atoms with van der Waals surface area (Å²) in [6.45, 7) is 5.33. The van der Waals surface area contributed by atoms with Crippen LogP contribution in [0.5, 0.6) is 0 Å². The summed E-state index contributed by atoms with van der Waals surface area (Å²) in [7, 11) is 0. The second kappa shape index (κ2) is 3.82. The van der Waals surface area contributed by atoms with E-state index in [-0.39, 0.29) is 0 Å². The van der Waals surface area contributed by atoms with E-state index >= 15 is 0 Å². The molecule has 0 aromatic heterocycles. The maximum absolute atomic E-state index is 3.54. The fourth-order valence-electron chi connectivity index (χ4n) is 3.69. The first-order valence-electron chi connectivity index (χ1n) is 6.38. The van der Waals surface area contributed by atoms with Crippen molar-refractivity contribution in [2.75, 3.05) is 26.2 Å². The third-order valence-electron chi connectivity index (χ3n) is 4.53. The lowest BCUT2D eigenvalue weighted by atomic mass is 10.0. The Hall–Kier alpha value is -0.0800. The smallest absolute Gasteiger partial charge is 0.0261 e. The minimum absolute atomic E-state index is 0.899. The summed E-state index contributed by atoms with van der Waals surface area (Å²) in [5.74, 6) is 2.02. The topological polar surface area (TPSA) is 15.3 Å². The molecule has 0 amide bonds. The number of rotatable bonds is 2. The molecule has 2 heteroatoms. The van der Waals surface area contributed by atoms with E-state index in [1.165, 1.54) is 58.3 Å². The van der Waals surface area contributed by atoms with Crippen molar-refractivity contribution < 1.29 is 0 Å². The van der Waals surface area contributed by atoms with Crippen molar-refractivity contribution >= 4 is 0 Å². The maximum Gasteiger partial charge on any atom is 0.0261 e. The number of hydrogen-bond acceptors (Lipinski definition) is 2. The zero-order chi connectivity index (χ0) is 9.38. The van der Waals surface area contributed by atoms with Gasteiger partial charge in [-0.3, -0.25) is 4.90 Å². The molecule has 1 saturated carbocycles. The molecule has 2 heterocycles. The van der Waals surface area contributed by atoms with E-state index in [0.29, 0.717) is 0 Å². The van der Waals surface area contributed by atoms with Crippen molar-refractivity contribution in [2.45, 2.75) is 38.1 Å². The van der Waals surface area contributed by atoms with Gasteiger partial charge < -0.3 is 5.32 Å². The number of nitrogens with zero attached hydrogens (tertiary/aromatic N) is 1. The van der Waals surface area contributed by atoms with Crippen molar-refractivity contribution in [3.05, 3.63) is 0 Å². The van der Waals surface area contributed by atoms with Gasteiger partial charge in [0.05, 0.1) is 0 Å². The fourth-order valence-corrected chi connectivity index (χ4v) is 3.69. The molecule has 14 heavy (non-hydrogen) atoms. The molecule has 3 fully saturated rings. The monoisotopic (exact) mass is 194 g/mol. The lowest BCUT2D eigenvalue weighted by Crippen LogP contribution is -2.37. The molecule has 0 aromatic rings. The Morgan fingerprint density at radius 3 is 2.79 bits per heavy atom. The van der Waals surface area contributed by atoms with Crippen LogP contribution < -0.4 is 5.32 Å². The van der Waals surface area contributed by atoms with Crippen LogP contribution in [0.2, 0.25) is 0 Å². The molecule has 0 aromatic carbocycles. The largest absolute Gasteiger partial charge is 0.315 e. The molecule has 0 radical (unpaired) electrons. The number of nitrogens with one attached hydrogen (secondary N) is 1. The van der Waals surface area contributed by atoms with E-state index < -0.39 is 0 Å². The van der Waals surface area contributed by atoms with Crippen LogP contribution >= 0.6 is 0 Å². The Labute approximate surface area is 87.0 Å². The van der Waals surface area contributed by atoms with Crippen LogP contribution in [-0.2, 0) is 0 Å². The molecule has 3 rings (SSSR count). The van der Waals surface area contributed by atoms with Crippen LogP contribution in [0.4, 0.5) is 0 Å². The van der Waals surface area contributed by atoms with E-state index in [1.807, 2.05) is 0 Å². The summed E-state index contributed by atoms with van der Waals surface area (Å²) >= 11 is 0. The van der Waals surface area contributed by atoms with Crippen molar-refractivity contribution in [3.63, 3.8) is 0 Å². The molecule has 3 aliphatic rings. The van der Waals surface area contributed by atoms with E-state index in [0.717, 1.165) is 17.9 Å². The molecule has 0 unspecified atom stereocenters. The average Bonchev–Trinajstić information content (AvgIpc) is 2.85. The summed E-state index contributed by atoms with van der Waals surface area (Å²) in [4.78, 5) is 2.78. The highest BCUT2D eigenvalue weighted by molar-refractivity contribution is 4.95. The number of likely N-dealkylation sites (tertiary alicyclic amines) is 1. The van der Waals surface area contributed by atoms with Crippen molar-refractivity contribution in [3.8, 4) is 0 Å². The molecular weight excluding hydrogens is 172 g/mol. The standard InChI is InChI=1S/C12H22N2/c1-2-4-10(3-1)9-14-6-5-11-7-13-8-12(11)14/h10-13H,1-9H2/t11-,12+/m0/s1. The van der Waals surface area contributed by atoms with Crippen LogP contribution in [0.1, 0.15) is 32.1 Å². The van der Waals surface area contributed by atoms with E-state index in [9.17, 15) is 0 Å². The third kappa shape index (κ3) is 1.59. The normalized spacial score (nSPS) is 39.4. The Kier molecular flexibility index (Phi) is 2.50. The van der Waals surface area contributed by atoms with Crippen molar-refractivity contribution in [2.24, 2.45) is 11.8 Å². The number of fused-ring (bicyclic) bond motifs is 1. The lowest BCUT2D eigenvalue weighted by molar-refractivity contribution is 0.214. The second-order valence-corrected chi connectivity index (χ2v) is 5.42. The van der Waals surface area contributed by atoms with Gasteiger partial charge in [-0.1, -0.05) is 12.8 Å². The quantitative estimate of drug-likeness (QED) is 0.716. The van der Waals surface area contributed by atoms with Gasteiger partial charge in [-0.25, -0.2) is 0 Å². The van der Waals surface area contributed by atoms with Crippen LogP contribution in [-0.4, -0.2) is 37.1 Å². The average molecular weight is 194 g/mol. The highest BCUT2D eigenvalue weighted by Gasteiger charge is 2.38. The zero-order valence-corrected chi connectivity index (χ0v) is 9.04. The van der Waals surface area contributed by atoms with Crippen LogP contribution in [0.3, 0.4) is 0 Å². The minimum Gasteiger partial charge on any atom is -0.315 e. The molecule has 80 valence electrons. The summed E-state index contributed by atoms with van der Waals surface area (Å²) in [5, 5.41) is 3.54. The van der Waals surface area contributed by atoms with Gasteiger partial charge in [0.15, 0.2) is 0 Å². The fraction of sp³-hybridized carbons (Fsp3) is 1.00. The van der Waals surface area contributed by atoms with E-state index in [4.69, 9.17) is 0 Å². The zero-order valence-electron chi connectivity index (χ0n) is 9.04. The summed E-state index contributed by atoms with van der Waals surface area (Å²) in [5.41, 5.74) is 0. The summed E-state index contributed by atoms with van der Waals surface area (Å²) in [6.07, 6.45) is 7.43. The van der Waals surface area contributed by atoms with Gasteiger partial charge in [-0.2, -0.15) is 0 Å². The van der Waals surface area contributed by atoms with Gasteiger partial charge >= 0.3 is 0 Å². The first kappa shape index (κ1) is 9.17. The van der Waals surface area contributed by atoms with E-state index in [1.54, 1.807) is 0 Å². The van der Waals surface area contributed by atoms with Gasteiger partial charge in [0.1, 0.15) is 0 Å². The van der Waals surface area contributed by atoms with E-state index in [2.05, 4.69) is 10.2 Å². The third-order valence-corrected chi connectivity index (χ3v) is 4.53. The predicted molar refractivity (Wildman–Crippen MR) is 58.3 cm³/mol. The van der Waals surface area contributed by atoms with Crippen LogP contribution in [0.15, 0.2) is 0 Å². The van der Waals surface area contributed by atoms with Gasteiger partial charge in [0.25, 0.3) is 0 Å². The molecule has 2 aliphatic heterocycles. The SMILES string of the molecule is C1CCC(CN2CC[C@H]3CNC[C@H]32)C1. The Balaban J connectivity index is 1.57. The molecule has 0 spiro atoms. The maximum atomic E-state index is 3.54. The minimum atomic E-state index is 0.899. The second-order valence-electron chi connectivity index (χ2n) is 5.42. The Morgan fingerprint density at radius 1 is 1.07 bits per heavy atom. The number of hydrogen-bond donors (Lipinski definition) is 1. The highest BCUT2D eigenvalue weighted by Crippen LogP contribution is 2.31. The molecule has 2 nitrogen and oxygen atoms in total. The first-order chi connectivity index (χ1) is 6.93. The van der Waals surface area contributed by atoms with Gasteiger partial charge in [-0.05, 0) is 44.2 Å². The molecule has 0 bridgehead atoms. The molecule has 2 saturated heterocycles. The van der Waals surface area contributed by atoms with Crippen molar-refractivity contribution in [1.82, 2.24) is 10.2 Å². The molecule has 1 aliphatic carbocycles. The molecule has 2 atom stereocenters. The van der Waals surface area contributed by atoms with Gasteiger partial charge in [-0.15, -0.1) is 0 Å². The van der Waals surface area contributed by atoms with Gasteiger partial charge in [0.2, 0.25) is 0 Å². The van der Waals surface area contributed by atoms with Crippen LogP contribution in [0, 0.1) is 11.8 Å². The first-order valence-corrected chi connectivity index (χ1v) is 6.38. The highest BCUT2D eigenvalue weighted by atomic mass is 15.2. The summed E-state index contributed by atoms with van der Waals surface area (Å²) in [6, 6.07) is 0.899. The summed E-state index contributed by atoms with van der Waals surface area (Å²) < 4.78 is 0. The van der Waals surface area contributed by atoms with Crippen LogP contribution in [0.25, 0.3) is 0 Å².